The largest absolute Gasteiger partial charge is 0.497 e. The molecule has 210 valence electrons. The summed E-state index contributed by atoms with van der Waals surface area (Å²) in [5, 5.41) is 5.97. The van der Waals surface area contributed by atoms with Gasteiger partial charge >= 0.3 is 0 Å². The molecule has 0 radical (unpaired) electrons. The summed E-state index contributed by atoms with van der Waals surface area (Å²) in [5.41, 5.74) is -1.32. The molecule has 2 aromatic rings. The molecule has 0 unspecified atom stereocenters. The topological polar surface area (TPSA) is 114 Å². The van der Waals surface area contributed by atoms with E-state index in [1.807, 2.05) is 45.0 Å². The minimum Gasteiger partial charge on any atom is -0.497 e. The molecule has 1 spiro atoms. The standard InChI is InChI=1S/C31H35N3O6/c1-18(35)20-8-7-9-21(16-20)34-25(27(37)33-29(2,3)4)31-15-14-30(5,40-31)23(24(31)28(34)38)26(36)32-17-19-10-12-22(39-6)13-11-19/h7-16,23-25H,17H2,1-6H3,(H,32,36)(H,33,37)/t23-,24-,25+,30+,31+/m0/s1. The second kappa shape index (κ2) is 9.59. The van der Waals surface area contributed by atoms with Crippen LogP contribution in [0.15, 0.2) is 60.7 Å². The Balaban J connectivity index is 1.52. The molecule has 9 heteroatoms. The number of methoxy groups -OCH3 is 1. The summed E-state index contributed by atoms with van der Waals surface area (Å²) in [5.74, 6) is -2.39. The van der Waals surface area contributed by atoms with Crippen LogP contribution in [0.4, 0.5) is 5.69 Å². The highest BCUT2D eigenvalue weighted by Gasteiger charge is 2.76. The van der Waals surface area contributed by atoms with Crippen LogP contribution < -0.4 is 20.3 Å². The number of anilines is 1. The van der Waals surface area contributed by atoms with Gasteiger partial charge in [0.1, 0.15) is 17.4 Å². The Morgan fingerprint density at radius 1 is 1.05 bits per heavy atom. The van der Waals surface area contributed by atoms with Gasteiger partial charge in [0.15, 0.2) is 5.78 Å². The number of fused-ring (bicyclic) bond motifs is 1. The number of nitrogens with one attached hydrogen (secondary N) is 2. The first kappa shape index (κ1) is 27.6. The summed E-state index contributed by atoms with van der Waals surface area (Å²) in [6.45, 7) is 9.05. The van der Waals surface area contributed by atoms with Crippen molar-refractivity contribution in [2.45, 2.75) is 63.9 Å². The predicted molar refractivity (Wildman–Crippen MR) is 149 cm³/mol. The van der Waals surface area contributed by atoms with Crippen molar-refractivity contribution >= 4 is 29.2 Å². The highest BCUT2D eigenvalue weighted by atomic mass is 16.5. The average molecular weight is 546 g/mol. The van der Waals surface area contributed by atoms with Crippen molar-refractivity contribution in [1.82, 2.24) is 10.6 Å². The number of amides is 3. The van der Waals surface area contributed by atoms with E-state index in [0.29, 0.717) is 17.0 Å². The van der Waals surface area contributed by atoms with Gasteiger partial charge in [-0.3, -0.25) is 24.1 Å². The molecule has 2 saturated heterocycles. The molecule has 9 nitrogen and oxygen atoms in total. The Morgan fingerprint density at radius 2 is 1.75 bits per heavy atom. The Kier molecular flexibility index (Phi) is 6.61. The lowest BCUT2D eigenvalue weighted by atomic mass is 9.70. The minimum absolute atomic E-state index is 0.164. The Bertz CT molecular complexity index is 1410. The third-order valence-electron chi connectivity index (χ3n) is 7.88. The smallest absolute Gasteiger partial charge is 0.246 e. The zero-order chi connectivity index (χ0) is 29.0. The molecule has 3 aliphatic heterocycles. The van der Waals surface area contributed by atoms with Gasteiger partial charge in [-0.05, 0) is 64.4 Å². The zero-order valence-corrected chi connectivity index (χ0v) is 23.6. The zero-order valence-electron chi connectivity index (χ0n) is 23.6. The minimum atomic E-state index is -1.35. The highest BCUT2D eigenvalue weighted by molar-refractivity contribution is 6.11. The molecular formula is C31H35N3O6. The lowest BCUT2D eigenvalue weighted by molar-refractivity contribution is -0.134. The molecule has 2 bridgehead atoms. The number of ether oxygens (including phenoxy) is 2. The third kappa shape index (κ3) is 4.48. The molecule has 0 aliphatic carbocycles. The lowest BCUT2D eigenvalue weighted by Crippen LogP contribution is -2.58. The van der Waals surface area contributed by atoms with Crippen LogP contribution >= 0.6 is 0 Å². The number of hydrogen-bond donors (Lipinski definition) is 2. The molecule has 2 aromatic carbocycles. The Morgan fingerprint density at radius 3 is 2.38 bits per heavy atom. The van der Waals surface area contributed by atoms with Gasteiger partial charge in [0.25, 0.3) is 0 Å². The summed E-state index contributed by atoms with van der Waals surface area (Å²) < 4.78 is 11.8. The van der Waals surface area contributed by atoms with Gasteiger partial charge in [-0.25, -0.2) is 0 Å². The summed E-state index contributed by atoms with van der Waals surface area (Å²) >= 11 is 0. The molecule has 0 saturated carbocycles. The van der Waals surface area contributed by atoms with E-state index in [0.717, 1.165) is 5.56 Å². The number of benzene rings is 2. The second-order valence-corrected chi connectivity index (χ2v) is 12.0. The van der Waals surface area contributed by atoms with Crippen molar-refractivity contribution in [3.05, 3.63) is 71.8 Å². The molecule has 0 aromatic heterocycles. The Hall–Kier alpha value is -3.98. The van der Waals surface area contributed by atoms with Crippen molar-refractivity contribution < 1.29 is 28.7 Å². The van der Waals surface area contributed by atoms with Gasteiger partial charge in [0.05, 0.1) is 24.5 Å². The molecule has 5 atom stereocenters. The second-order valence-electron chi connectivity index (χ2n) is 12.0. The predicted octanol–water partition coefficient (Wildman–Crippen LogP) is 3.17. The van der Waals surface area contributed by atoms with E-state index in [-0.39, 0.29) is 18.2 Å². The number of carbonyl (C=O) groups excluding carboxylic acids is 4. The first-order chi connectivity index (χ1) is 18.8. The van der Waals surface area contributed by atoms with Gasteiger partial charge in [-0.1, -0.05) is 36.4 Å². The lowest BCUT2D eigenvalue weighted by Gasteiger charge is -2.35. The third-order valence-corrected chi connectivity index (χ3v) is 7.88. The normalized spacial score (nSPS) is 28.4. The number of carbonyl (C=O) groups is 4. The van der Waals surface area contributed by atoms with Crippen LogP contribution in [0.5, 0.6) is 5.75 Å². The maximum atomic E-state index is 14.3. The molecule has 5 rings (SSSR count). The Labute approximate surface area is 233 Å². The number of ketones is 1. The monoisotopic (exact) mass is 545 g/mol. The molecule has 2 fully saturated rings. The van der Waals surface area contributed by atoms with Gasteiger partial charge in [0.2, 0.25) is 17.7 Å². The molecule has 3 aliphatic rings. The van der Waals surface area contributed by atoms with Gasteiger partial charge in [-0.15, -0.1) is 0 Å². The molecule has 40 heavy (non-hydrogen) atoms. The first-order valence-electron chi connectivity index (χ1n) is 13.4. The fourth-order valence-corrected chi connectivity index (χ4v) is 6.17. The summed E-state index contributed by atoms with van der Waals surface area (Å²) in [4.78, 5) is 55.5. The van der Waals surface area contributed by atoms with Gasteiger partial charge in [-0.2, -0.15) is 0 Å². The number of hydrogen-bond acceptors (Lipinski definition) is 6. The summed E-state index contributed by atoms with van der Waals surface area (Å²) in [6, 6.07) is 12.9. The summed E-state index contributed by atoms with van der Waals surface area (Å²) in [6.07, 6.45) is 3.56. The van der Waals surface area contributed by atoms with E-state index in [9.17, 15) is 19.2 Å². The van der Waals surface area contributed by atoms with Crippen LogP contribution in [0.25, 0.3) is 0 Å². The molecule has 3 heterocycles. The maximum absolute atomic E-state index is 14.3. The SMILES string of the molecule is COc1ccc(CNC(=O)[C@@H]2[C@H]3C(=O)N(c4cccc(C(C)=O)c4)[C@H](C(=O)NC(C)(C)C)[C@@]34C=C[C@@]2(C)O4)cc1. The van der Waals surface area contributed by atoms with Crippen LogP contribution in [0.3, 0.4) is 0 Å². The van der Waals surface area contributed by atoms with Crippen LogP contribution in [0.2, 0.25) is 0 Å². The fourth-order valence-electron chi connectivity index (χ4n) is 6.17. The summed E-state index contributed by atoms with van der Waals surface area (Å²) in [7, 11) is 1.59. The van der Waals surface area contributed by atoms with Gasteiger partial charge in [0, 0.05) is 23.3 Å². The van der Waals surface area contributed by atoms with Crippen LogP contribution in [0.1, 0.15) is 50.5 Å². The van der Waals surface area contributed by atoms with Crippen molar-refractivity contribution in [2.24, 2.45) is 11.8 Å². The van der Waals surface area contributed by atoms with Crippen molar-refractivity contribution in [3.8, 4) is 5.75 Å². The number of rotatable bonds is 7. The van der Waals surface area contributed by atoms with E-state index in [1.165, 1.54) is 11.8 Å². The molecule has 2 N–H and O–H groups in total. The van der Waals surface area contributed by atoms with E-state index in [2.05, 4.69) is 10.6 Å². The van der Waals surface area contributed by atoms with Crippen molar-refractivity contribution in [3.63, 3.8) is 0 Å². The molecule has 3 amide bonds. The van der Waals surface area contributed by atoms with Crippen LogP contribution in [0, 0.1) is 11.8 Å². The van der Waals surface area contributed by atoms with Gasteiger partial charge < -0.3 is 20.1 Å². The van der Waals surface area contributed by atoms with E-state index < -0.39 is 46.4 Å². The first-order valence-corrected chi connectivity index (χ1v) is 13.4. The number of nitrogens with zero attached hydrogens (tertiary/aromatic N) is 1. The number of Topliss-reactive ketones (excluding diaryl/α,β-unsaturated/α-hetero) is 1. The van der Waals surface area contributed by atoms with Crippen molar-refractivity contribution in [2.75, 3.05) is 12.0 Å². The van der Waals surface area contributed by atoms with E-state index >= 15 is 0 Å². The van der Waals surface area contributed by atoms with Crippen molar-refractivity contribution in [1.29, 1.82) is 0 Å². The molecular weight excluding hydrogens is 510 g/mol. The quantitative estimate of drug-likeness (QED) is 0.408. The van der Waals surface area contributed by atoms with E-state index in [4.69, 9.17) is 9.47 Å². The average Bonchev–Trinajstić information content (AvgIpc) is 3.47. The van der Waals surface area contributed by atoms with E-state index in [1.54, 1.807) is 50.5 Å². The van der Waals surface area contributed by atoms with Crippen LogP contribution in [-0.4, -0.2) is 53.4 Å². The van der Waals surface area contributed by atoms with Crippen LogP contribution in [-0.2, 0) is 25.7 Å². The fraction of sp³-hybridized carbons (Fsp3) is 0.419. The maximum Gasteiger partial charge on any atom is 0.246 e. The highest BCUT2D eigenvalue weighted by Crippen LogP contribution is 2.60.